The standard InChI is InChI=1S/C21H23ClN4O/c1-14-18-19(22)17(21(27)24-15-9-5-2-3-6-10-15)13-23-20(18)26(25-14)16-11-7-4-8-12-16/h4,7-8,11-13,15H,2-3,5-6,9-10H2,1H3,(H,24,27). The summed E-state index contributed by atoms with van der Waals surface area (Å²) < 4.78 is 1.77. The number of aryl methyl sites for hydroxylation is 1. The third kappa shape index (κ3) is 3.56. The van der Waals surface area contributed by atoms with Crippen LogP contribution in [0.4, 0.5) is 0 Å². The smallest absolute Gasteiger partial charge is 0.254 e. The van der Waals surface area contributed by atoms with E-state index in [0.29, 0.717) is 16.2 Å². The van der Waals surface area contributed by atoms with E-state index in [-0.39, 0.29) is 11.9 Å². The van der Waals surface area contributed by atoms with E-state index >= 15 is 0 Å². The fourth-order valence-electron chi connectivity index (χ4n) is 3.80. The van der Waals surface area contributed by atoms with Crippen molar-refractivity contribution in [1.82, 2.24) is 20.1 Å². The van der Waals surface area contributed by atoms with Crippen LogP contribution in [-0.4, -0.2) is 26.7 Å². The first-order chi connectivity index (χ1) is 13.1. The van der Waals surface area contributed by atoms with Crippen LogP contribution in [0, 0.1) is 6.92 Å². The van der Waals surface area contributed by atoms with E-state index < -0.39 is 0 Å². The van der Waals surface area contributed by atoms with Crippen LogP contribution in [0.5, 0.6) is 0 Å². The molecule has 0 saturated heterocycles. The number of hydrogen-bond donors (Lipinski definition) is 1. The predicted octanol–water partition coefficient (Wildman–Crippen LogP) is 4.83. The molecule has 0 radical (unpaired) electrons. The number of carbonyl (C=O) groups is 1. The molecule has 0 bridgehead atoms. The van der Waals surface area contributed by atoms with Gasteiger partial charge in [-0.1, -0.05) is 55.5 Å². The van der Waals surface area contributed by atoms with E-state index in [0.717, 1.165) is 29.6 Å². The maximum absolute atomic E-state index is 12.8. The van der Waals surface area contributed by atoms with Crippen molar-refractivity contribution in [2.75, 3.05) is 0 Å². The number of hydrogen-bond acceptors (Lipinski definition) is 3. The van der Waals surface area contributed by atoms with Crippen molar-refractivity contribution in [2.45, 2.75) is 51.5 Å². The van der Waals surface area contributed by atoms with E-state index in [2.05, 4.69) is 15.4 Å². The van der Waals surface area contributed by atoms with Gasteiger partial charge in [0.15, 0.2) is 5.65 Å². The minimum Gasteiger partial charge on any atom is -0.349 e. The number of carbonyl (C=O) groups excluding carboxylic acids is 1. The molecule has 0 aliphatic heterocycles. The molecule has 4 rings (SSSR count). The van der Waals surface area contributed by atoms with Crippen LogP contribution in [0.1, 0.15) is 54.6 Å². The third-order valence-electron chi connectivity index (χ3n) is 5.24. The van der Waals surface area contributed by atoms with E-state index in [1.165, 1.54) is 25.7 Å². The highest BCUT2D eigenvalue weighted by molar-refractivity contribution is 6.38. The Kier molecular flexibility index (Phi) is 5.12. The Balaban J connectivity index is 1.68. The number of amides is 1. The molecular weight excluding hydrogens is 360 g/mol. The second-order valence-electron chi connectivity index (χ2n) is 7.18. The lowest BCUT2D eigenvalue weighted by Crippen LogP contribution is -2.34. The number of aromatic nitrogens is 3. The normalized spacial score (nSPS) is 15.6. The van der Waals surface area contributed by atoms with Gasteiger partial charge in [0.25, 0.3) is 5.91 Å². The highest BCUT2D eigenvalue weighted by atomic mass is 35.5. The summed E-state index contributed by atoms with van der Waals surface area (Å²) in [5.74, 6) is -0.145. The molecule has 5 nitrogen and oxygen atoms in total. The predicted molar refractivity (Wildman–Crippen MR) is 108 cm³/mol. The monoisotopic (exact) mass is 382 g/mol. The van der Waals surface area contributed by atoms with Gasteiger partial charge in [0.2, 0.25) is 0 Å². The van der Waals surface area contributed by atoms with Gasteiger partial charge in [-0.15, -0.1) is 0 Å². The minimum absolute atomic E-state index is 0.145. The summed E-state index contributed by atoms with van der Waals surface area (Å²) >= 11 is 6.64. The Labute approximate surface area is 163 Å². The van der Waals surface area contributed by atoms with Crippen molar-refractivity contribution < 1.29 is 4.79 Å². The Morgan fingerprint density at radius 1 is 1.15 bits per heavy atom. The first-order valence-corrected chi connectivity index (χ1v) is 9.93. The summed E-state index contributed by atoms with van der Waals surface area (Å²) in [7, 11) is 0. The molecule has 0 unspecified atom stereocenters. The Bertz CT molecular complexity index is 959. The van der Waals surface area contributed by atoms with Gasteiger partial charge in [-0.05, 0) is 31.9 Å². The molecule has 140 valence electrons. The molecule has 1 aliphatic rings. The second-order valence-corrected chi connectivity index (χ2v) is 7.56. The zero-order valence-electron chi connectivity index (χ0n) is 15.4. The average molecular weight is 383 g/mol. The molecule has 1 N–H and O–H groups in total. The Morgan fingerprint density at radius 3 is 2.56 bits per heavy atom. The lowest BCUT2D eigenvalue weighted by Gasteiger charge is -2.16. The second kappa shape index (κ2) is 7.69. The van der Waals surface area contributed by atoms with Crippen LogP contribution in [-0.2, 0) is 0 Å². The molecule has 1 aromatic carbocycles. The first kappa shape index (κ1) is 18.0. The van der Waals surface area contributed by atoms with Crippen molar-refractivity contribution in [3.63, 3.8) is 0 Å². The van der Waals surface area contributed by atoms with Crippen LogP contribution in [0.3, 0.4) is 0 Å². The number of benzene rings is 1. The number of pyridine rings is 1. The number of para-hydroxylation sites is 1. The van der Waals surface area contributed by atoms with Crippen LogP contribution in [0.25, 0.3) is 16.7 Å². The van der Waals surface area contributed by atoms with E-state index in [1.807, 2.05) is 37.3 Å². The fraction of sp³-hybridized carbons (Fsp3) is 0.381. The van der Waals surface area contributed by atoms with Crippen LogP contribution in [0.15, 0.2) is 36.5 Å². The third-order valence-corrected chi connectivity index (χ3v) is 5.64. The van der Waals surface area contributed by atoms with E-state index in [1.54, 1.807) is 10.9 Å². The number of halogens is 1. The highest BCUT2D eigenvalue weighted by Crippen LogP contribution is 2.30. The molecule has 1 saturated carbocycles. The average Bonchev–Trinajstić information content (AvgIpc) is 2.84. The van der Waals surface area contributed by atoms with Gasteiger partial charge in [-0.3, -0.25) is 4.79 Å². The molecule has 0 spiro atoms. The summed E-state index contributed by atoms with van der Waals surface area (Å²) in [6.07, 6.45) is 8.46. The SMILES string of the molecule is Cc1nn(-c2ccccc2)c2ncc(C(=O)NC3CCCCCC3)c(Cl)c12. The molecule has 3 aromatic rings. The highest BCUT2D eigenvalue weighted by Gasteiger charge is 2.22. The van der Waals surface area contributed by atoms with E-state index in [9.17, 15) is 4.79 Å². The van der Waals surface area contributed by atoms with Gasteiger partial charge in [0, 0.05) is 12.2 Å². The van der Waals surface area contributed by atoms with Crippen LogP contribution in [0.2, 0.25) is 5.02 Å². The molecule has 1 aliphatic carbocycles. The maximum atomic E-state index is 12.8. The molecular formula is C21H23ClN4O. The summed E-state index contributed by atoms with van der Waals surface area (Å²) in [6.45, 7) is 1.89. The molecule has 2 aromatic heterocycles. The molecule has 1 fully saturated rings. The number of fused-ring (bicyclic) bond motifs is 1. The minimum atomic E-state index is -0.145. The number of rotatable bonds is 3. The lowest BCUT2D eigenvalue weighted by atomic mass is 10.1. The van der Waals surface area contributed by atoms with Crippen molar-refractivity contribution in [2.24, 2.45) is 0 Å². The van der Waals surface area contributed by atoms with Gasteiger partial charge in [0.05, 0.1) is 27.4 Å². The lowest BCUT2D eigenvalue weighted by molar-refractivity contribution is 0.0933. The van der Waals surface area contributed by atoms with Gasteiger partial charge in [-0.2, -0.15) is 5.10 Å². The number of nitrogens with one attached hydrogen (secondary N) is 1. The van der Waals surface area contributed by atoms with Gasteiger partial charge >= 0.3 is 0 Å². The Morgan fingerprint density at radius 2 is 1.85 bits per heavy atom. The fourth-order valence-corrected chi connectivity index (χ4v) is 4.16. The van der Waals surface area contributed by atoms with Gasteiger partial charge < -0.3 is 5.32 Å². The largest absolute Gasteiger partial charge is 0.349 e. The maximum Gasteiger partial charge on any atom is 0.254 e. The molecule has 0 atom stereocenters. The first-order valence-electron chi connectivity index (χ1n) is 9.55. The van der Waals surface area contributed by atoms with Crippen molar-refractivity contribution >= 4 is 28.5 Å². The summed E-state index contributed by atoms with van der Waals surface area (Å²) in [5, 5.41) is 8.89. The van der Waals surface area contributed by atoms with Gasteiger partial charge in [0.1, 0.15) is 0 Å². The topological polar surface area (TPSA) is 59.8 Å². The van der Waals surface area contributed by atoms with Crippen molar-refractivity contribution in [1.29, 1.82) is 0 Å². The summed E-state index contributed by atoms with van der Waals surface area (Å²) in [4.78, 5) is 17.3. The van der Waals surface area contributed by atoms with Crippen LogP contribution >= 0.6 is 11.6 Å². The molecule has 27 heavy (non-hydrogen) atoms. The molecule has 2 heterocycles. The quantitative estimate of drug-likeness (QED) is 0.659. The molecule has 6 heteroatoms. The zero-order valence-corrected chi connectivity index (χ0v) is 16.2. The summed E-state index contributed by atoms with van der Waals surface area (Å²) in [6, 6.07) is 10.0. The molecule has 1 amide bonds. The van der Waals surface area contributed by atoms with Gasteiger partial charge in [-0.25, -0.2) is 9.67 Å². The van der Waals surface area contributed by atoms with E-state index in [4.69, 9.17) is 11.6 Å². The van der Waals surface area contributed by atoms with Crippen LogP contribution < -0.4 is 5.32 Å². The zero-order chi connectivity index (χ0) is 18.8. The Hall–Kier alpha value is -2.40. The van der Waals surface area contributed by atoms with Crippen molar-refractivity contribution in [3.05, 3.63) is 52.8 Å². The number of nitrogens with zero attached hydrogens (tertiary/aromatic N) is 3. The van der Waals surface area contributed by atoms with Crippen molar-refractivity contribution in [3.8, 4) is 5.69 Å². The summed E-state index contributed by atoms with van der Waals surface area (Å²) in [5.41, 5.74) is 2.75.